The molecule has 2 heteroatoms. The standard InChI is InChI=1S/C77H52S2/c1-77(2)73-59-34-12-10-30-55(59)65(51-26-18-28-53(44-51)71(48-23-7-4-8-24-48)64-38-20-36-62-57-32-14-16-40-69(57)79-76(62)64)46-67(73)72-58-33-11-9-29-54(58)66-45-50(41-42-60(66)74(72)77)49-25-17-27-52(43-49)70(47-21-5-3-6-22-47)63-37-19-35-61-56-31-13-15-39-68(56)78-75(61)63/h3-46,70-71H,1-2H3. The Bertz CT molecular complexity index is 4940. The van der Waals surface area contributed by atoms with Crippen molar-refractivity contribution in [2.24, 2.45) is 0 Å². The van der Waals surface area contributed by atoms with Crippen LogP contribution in [-0.4, -0.2) is 0 Å². The summed E-state index contributed by atoms with van der Waals surface area (Å²) in [6.07, 6.45) is 0. The first-order valence-electron chi connectivity index (χ1n) is 27.6. The van der Waals surface area contributed by atoms with Crippen molar-refractivity contribution in [1.29, 1.82) is 0 Å². The minimum Gasteiger partial charge on any atom is -0.135 e. The van der Waals surface area contributed by atoms with Crippen molar-refractivity contribution < 1.29 is 0 Å². The van der Waals surface area contributed by atoms with E-state index in [4.69, 9.17) is 0 Å². The molecule has 0 nitrogen and oxygen atoms in total. The molecule has 1 aliphatic rings. The molecule has 0 N–H and O–H groups in total. The van der Waals surface area contributed by atoms with Gasteiger partial charge in [-0.1, -0.05) is 257 Å². The summed E-state index contributed by atoms with van der Waals surface area (Å²) in [5.74, 6) is 0.115. The molecule has 0 saturated carbocycles. The topological polar surface area (TPSA) is 0 Å². The molecule has 0 spiro atoms. The number of rotatable bonds is 8. The minimum absolute atomic E-state index is 0.0494. The lowest BCUT2D eigenvalue weighted by atomic mass is 9.77. The molecule has 2 atom stereocenters. The molecular weight excluding hydrogens is 989 g/mol. The first-order valence-corrected chi connectivity index (χ1v) is 29.3. The predicted octanol–water partition coefficient (Wildman–Crippen LogP) is 21.9. The Morgan fingerprint density at radius 1 is 0.278 bits per heavy atom. The van der Waals surface area contributed by atoms with Crippen molar-refractivity contribution >= 4 is 95.3 Å². The quantitative estimate of drug-likeness (QED) is 0.105. The summed E-state index contributed by atoms with van der Waals surface area (Å²) in [4.78, 5) is 0. The highest BCUT2D eigenvalue weighted by Crippen LogP contribution is 2.58. The van der Waals surface area contributed by atoms with E-state index < -0.39 is 0 Å². The third-order valence-corrected chi connectivity index (χ3v) is 19.9. The average Bonchev–Trinajstić information content (AvgIpc) is 4.34. The molecule has 0 radical (unpaired) electrons. The fourth-order valence-corrected chi connectivity index (χ4v) is 16.6. The fourth-order valence-electron chi connectivity index (χ4n) is 14.1. The lowest BCUT2D eigenvalue weighted by Gasteiger charge is -2.26. The molecule has 16 rings (SSSR count). The van der Waals surface area contributed by atoms with E-state index in [9.17, 15) is 0 Å². The van der Waals surface area contributed by atoms with Gasteiger partial charge < -0.3 is 0 Å². The molecule has 0 bridgehead atoms. The zero-order valence-electron chi connectivity index (χ0n) is 43.9. The highest BCUT2D eigenvalue weighted by Gasteiger charge is 2.40. The summed E-state index contributed by atoms with van der Waals surface area (Å²) in [5.41, 5.74) is 18.1. The molecule has 0 amide bonds. The molecule has 1 aliphatic carbocycles. The summed E-state index contributed by atoms with van der Waals surface area (Å²) in [6.45, 7) is 4.94. The molecule has 79 heavy (non-hydrogen) atoms. The summed E-state index contributed by atoms with van der Waals surface area (Å²) in [5, 5.41) is 13.1. The van der Waals surface area contributed by atoms with Gasteiger partial charge in [0.05, 0.1) is 0 Å². The maximum atomic E-state index is 2.55. The van der Waals surface area contributed by atoms with Gasteiger partial charge in [-0.2, -0.15) is 0 Å². The van der Waals surface area contributed by atoms with Gasteiger partial charge in [-0.15, -0.1) is 22.7 Å². The molecular formula is C77H52S2. The molecule has 0 saturated heterocycles. The predicted molar refractivity (Wildman–Crippen MR) is 341 cm³/mol. The molecule has 2 unspecified atom stereocenters. The van der Waals surface area contributed by atoms with Crippen LogP contribution in [0.25, 0.3) is 106 Å². The fraction of sp³-hybridized carbons (Fsp3) is 0.0649. The molecule has 0 aliphatic heterocycles. The van der Waals surface area contributed by atoms with Crippen LogP contribution in [0.4, 0.5) is 0 Å². The van der Waals surface area contributed by atoms with Crippen LogP contribution < -0.4 is 0 Å². The first-order chi connectivity index (χ1) is 39.0. The van der Waals surface area contributed by atoms with Crippen LogP contribution in [0.1, 0.15) is 70.2 Å². The Balaban J connectivity index is 0.853. The maximum Gasteiger partial charge on any atom is 0.0397 e. The normalized spacial score (nSPS) is 13.7. The number of thiophene rings is 2. The van der Waals surface area contributed by atoms with Crippen LogP contribution in [0.2, 0.25) is 0 Å². The molecule has 13 aromatic carbocycles. The van der Waals surface area contributed by atoms with E-state index in [0.29, 0.717) is 0 Å². The number of fused-ring (bicyclic) bond motifs is 16. The van der Waals surface area contributed by atoms with E-state index in [0.717, 1.165) is 0 Å². The average molecular weight is 1040 g/mol. The summed E-state index contributed by atoms with van der Waals surface area (Å²) >= 11 is 3.83. The van der Waals surface area contributed by atoms with Gasteiger partial charge >= 0.3 is 0 Å². The van der Waals surface area contributed by atoms with E-state index in [-0.39, 0.29) is 17.3 Å². The zero-order valence-corrected chi connectivity index (χ0v) is 45.5. The maximum absolute atomic E-state index is 2.55. The second kappa shape index (κ2) is 18.1. The van der Waals surface area contributed by atoms with Crippen LogP contribution in [0.5, 0.6) is 0 Å². The van der Waals surface area contributed by atoms with Crippen molar-refractivity contribution in [3.8, 4) is 33.4 Å². The van der Waals surface area contributed by atoms with E-state index >= 15 is 0 Å². The number of benzene rings is 13. The third kappa shape index (κ3) is 7.18. The van der Waals surface area contributed by atoms with Gasteiger partial charge in [0.1, 0.15) is 0 Å². The van der Waals surface area contributed by atoms with E-state index in [1.165, 1.54) is 151 Å². The Morgan fingerprint density at radius 2 is 0.722 bits per heavy atom. The van der Waals surface area contributed by atoms with Gasteiger partial charge in [-0.05, 0) is 134 Å². The van der Waals surface area contributed by atoms with Crippen molar-refractivity contribution in [2.45, 2.75) is 31.1 Å². The van der Waals surface area contributed by atoms with E-state index in [2.05, 4.69) is 281 Å². The molecule has 2 heterocycles. The van der Waals surface area contributed by atoms with Gasteiger partial charge in [-0.25, -0.2) is 0 Å². The molecule has 2 aromatic heterocycles. The van der Waals surface area contributed by atoms with Crippen LogP contribution >= 0.6 is 22.7 Å². The van der Waals surface area contributed by atoms with Crippen LogP contribution in [0, 0.1) is 0 Å². The van der Waals surface area contributed by atoms with Gasteiger partial charge in [0.15, 0.2) is 0 Å². The Labute approximate surface area is 468 Å². The van der Waals surface area contributed by atoms with Crippen molar-refractivity contribution in [3.63, 3.8) is 0 Å². The summed E-state index contributed by atoms with van der Waals surface area (Å²) < 4.78 is 5.38. The van der Waals surface area contributed by atoms with Gasteiger partial charge in [-0.3, -0.25) is 0 Å². The summed E-state index contributed by atoms with van der Waals surface area (Å²) in [6, 6.07) is 101. The zero-order chi connectivity index (χ0) is 52.3. The van der Waals surface area contributed by atoms with Crippen LogP contribution in [0.15, 0.2) is 267 Å². The Hall–Kier alpha value is -8.92. The lowest BCUT2D eigenvalue weighted by molar-refractivity contribution is 0.672. The second-order valence-corrected chi connectivity index (χ2v) is 24.3. The van der Waals surface area contributed by atoms with Gasteiger partial charge in [0.2, 0.25) is 0 Å². The third-order valence-electron chi connectivity index (χ3n) is 17.4. The summed E-state index contributed by atoms with van der Waals surface area (Å²) in [7, 11) is 0. The SMILES string of the molecule is CC1(C)c2c(cc(-c3cccc(C(c4ccccc4)c4cccc5c4sc4ccccc45)c3)c3ccccc23)-c2c1c1ccc(-c3cccc(C(c4ccccc4)c4cccc5c4sc4ccccc45)c3)cc1c1ccccc21. The highest BCUT2D eigenvalue weighted by atomic mass is 32.1. The minimum atomic E-state index is -0.285. The monoisotopic (exact) mass is 1040 g/mol. The van der Waals surface area contributed by atoms with Crippen molar-refractivity contribution in [1.82, 2.24) is 0 Å². The molecule has 0 fully saturated rings. The molecule has 372 valence electrons. The Morgan fingerprint density at radius 3 is 1.33 bits per heavy atom. The van der Waals surface area contributed by atoms with Crippen molar-refractivity contribution in [2.75, 3.05) is 0 Å². The Kier molecular flexibility index (Phi) is 10.6. The number of hydrogen-bond acceptors (Lipinski definition) is 2. The lowest BCUT2D eigenvalue weighted by Crippen LogP contribution is -2.16. The van der Waals surface area contributed by atoms with E-state index in [1.54, 1.807) is 0 Å². The van der Waals surface area contributed by atoms with Gasteiger partial charge in [0, 0.05) is 57.6 Å². The molecule has 15 aromatic rings. The highest BCUT2D eigenvalue weighted by molar-refractivity contribution is 7.26. The van der Waals surface area contributed by atoms with Crippen LogP contribution in [0.3, 0.4) is 0 Å². The van der Waals surface area contributed by atoms with Crippen LogP contribution in [-0.2, 0) is 5.41 Å². The van der Waals surface area contributed by atoms with Gasteiger partial charge in [0.25, 0.3) is 0 Å². The second-order valence-electron chi connectivity index (χ2n) is 22.2. The largest absolute Gasteiger partial charge is 0.135 e. The number of hydrogen-bond donors (Lipinski definition) is 0. The smallest absolute Gasteiger partial charge is 0.0397 e. The van der Waals surface area contributed by atoms with E-state index in [1.807, 2.05) is 22.7 Å². The van der Waals surface area contributed by atoms with Crippen molar-refractivity contribution in [3.05, 3.63) is 311 Å². The first kappa shape index (κ1) is 46.2.